The van der Waals surface area contributed by atoms with E-state index in [1.54, 1.807) is 17.1 Å². The quantitative estimate of drug-likeness (QED) is 0.522. The van der Waals surface area contributed by atoms with Crippen LogP contribution in [0.2, 0.25) is 0 Å². The van der Waals surface area contributed by atoms with Crippen molar-refractivity contribution in [2.24, 2.45) is 5.10 Å². The number of hydrogen-bond acceptors (Lipinski definition) is 10. The first kappa shape index (κ1) is 20.4. The number of nitrogens with zero attached hydrogens (tertiary/aromatic N) is 5. The fourth-order valence-corrected chi connectivity index (χ4v) is 3.56. The van der Waals surface area contributed by atoms with E-state index in [0.717, 1.165) is 12.8 Å². The molecule has 4 heterocycles. The third-order valence-corrected chi connectivity index (χ3v) is 4.83. The lowest BCUT2D eigenvalue weighted by Gasteiger charge is -2.24. The summed E-state index contributed by atoms with van der Waals surface area (Å²) in [6.07, 6.45) is 3.56. The average Bonchev–Trinajstić information content (AvgIpc) is 3.35. The van der Waals surface area contributed by atoms with Gasteiger partial charge in [-0.15, -0.1) is 0 Å². The number of nitrogen functional groups attached to an aromatic ring is 1. The van der Waals surface area contributed by atoms with Gasteiger partial charge in [0.15, 0.2) is 23.5 Å². The number of anilines is 1. The van der Waals surface area contributed by atoms with E-state index in [0.29, 0.717) is 11.2 Å². The Morgan fingerprint density at radius 1 is 1.37 bits per heavy atom. The van der Waals surface area contributed by atoms with Crippen molar-refractivity contribution in [3.05, 3.63) is 12.7 Å². The van der Waals surface area contributed by atoms with Crippen LogP contribution in [0.5, 0.6) is 0 Å². The summed E-state index contributed by atoms with van der Waals surface area (Å²) in [6, 6.07) is 0. The highest BCUT2D eigenvalue weighted by Gasteiger charge is 2.56. The van der Waals surface area contributed by atoms with E-state index < -0.39 is 36.4 Å². The van der Waals surface area contributed by atoms with Crippen molar-refractivity contribution in [1.82, 2.24) is 24.9 Å². The summed E-state index contributed by atoms with van der Waals surface area (Å²) >= 11 is 0. The molecule has 2 aliphatic heterocycles. The van der Waals surface area contributed by atoms with Crippen molar-refractivity contribution >= 4 is 29.3 Å². The molecule has 3 N–H and O–H groups in total. The Hall–Kier alpha value is -2.83. The first-order valence-corrected chi connectivity index (χ1v) is 9.78. The largest absolute Gasteiger partial charge is 0.445 e. The van der Waals surface area contributed by atoms with Crippen LogP contribution in [-0.2, 0) is 18.9 Å². The maximum absolute atomic E-state index is 11.9. The molecular formula is C18H25N7O5. The minimum atomic E-state index is -0.813. The van der Waals surface area contributed by atoms with Gasteiger partial charge in [0.2, 0.25) is 0 Å². The van der Waals surface area contributed by atoms with Gasteiger partial charge in [0.05, 0.1) is 6.33 Å². The molecule has 2 fully saturated rings. The average molecular weight is 419 g/mol. The van der Waals surface area contributed by atoms with Crippen LogP contribution in [0, 0.1) is 0 Å². The molecule has 0 aromatic carbocycles. The number of aromatic nitrogens is 4. The molecule has 2 aromatic heterocycles. The molecule has 30 heavy (non-hydrogen) atoms. The predicted octanol–water partition coefficient (Wildman–Crippen LogP) is 1.34. The van der Waals surface area contributed by atoms with Crippen LogP contribution in [0.3, 0.4) is 0 Å². The Bertz CT molecular complexity index is 946. The van der Waals surface area contributed by atoms with Crippen LogP contribution in [0.4, 0.5) is 10.6 Å². The van der Waals surface area contributed by atoms with Gasteiger partial charge in [-0.3, -0.25) is 4.57 Å². The molecule has 0 saturated carbocycles. The number of nitrogens with one attached hydrogen (secondary N) is 1. The topological polar surface area (TPSA) is 148 Å². The lowest BCUT2D eigenvalue weighted by atomic mass is 10.1. The second-order valence-corrected chi connectivity index (χ2v) is 7.52. The highest BCUT2D eigenvalue weighted by atomic mass is 16.8. The molecule has 2 saturated heterocycles. The number of fused-ring (bicyclic) bond motifs is 2. The molecular weight excluding hydrogens is 394 g/mol. The lowest BCUT2D eigenvalue weighted by molar-refractivity contribution is -0.199. The van der Waals surface area contributed by atoms with Gasteiger partial charge in [-0.2, -0.15) is 5.10 Å². The van der Waals surface area contributed by atoms with Crippen molar-refractivity contribution in [2.45, 2.75) is 63.9 Å². The molecule has 4 rings (SSSR count). The predicted molar refractivity (Wildman–Crippen MR) is 105 cm³/mol. The smallest absolute Gasteiger partial charge is 0.427 e. The second-order valence-electron chi connectivity index (χ2n) is 7.52. The number of carbonyl (C=O) groups excluding carboxylic acids is 1. The standard InChI is InChI=1S/C18H25N7O5/c1-4-5-6-23-24-17(26)27-7-10-12-13(30-18(2,3)29-12)16(28-10)25-9-22-11-14(19)20-8-21-15(11)25/h6,8-10,12-13,16H,4-5,7H2,1-3H3,(H,24,26)(H2,19,20,21)/b23-6+/t10-,12-,13-,16-/m1/s1. The molecule has 0 unspecified atom stereocenters. The minimum absolute atomic E-state index is 0.0318. The van der Waals surface area contributed by atoms with E-state index in [2.05, 4.69) is 25.5 Å². The number of unbranched alkanes of at least 4 members (excludes halogenated alkanes) is 1. The maximum atomic E-state index is 11.9. The SMILES string of the molecule is CCC/C=N/NC(=O)OC[C@H]1O[C@@H](n2cnc3c(N)ncnc32)[C@@H]2OC(C)(C)O[C@@H]21. The molecule has 0 radical (unpaired) electrons. The number of hydrogen-bond donors (Lipinski definition) is 2. The van der Waals surface area contributed by atoms with Crippen molar-refractivity contribution in [3.8, 4) is 0 Å². The Labute approximate surface area is 172 Å². The van der Waals surface area contributed by atoms with Crippen molar-refractivity contribution in [2.75, 3.05) is 12.3 Å². The van der Waals surface area contributed by atoms with Crippen LogP contribution in [0.1, 0.15) is 39.8 Å². The van der Waals surface area contributed by atoms with Crippen molar-refractivity contribution < 1.29 is 23.7 Å². The number of nitrogens with two attached hydrogens (primary N) is 1. The van der Waals surface area contributed by atoms with E-state index in [1.165, 1.54) is 6.33 Å². The van der Waals surface area contributed by atoms with Crippen LogP contribution in [-0.4, -0.2) is 62.5 Å². The van der Waals surface area contributed by atoms with Gasteiger partial charge in [-0.05, 0) is 20.3 Å². The van der Waals surface area contributed by atoms with E-state index >= 15 is 0 Å². The molecule has 2 aliphatic rings. The Kier molecular flexibility index (Phi) is 5.54. The number of imidazole rings is 1. The Morgan fingerprint density at radius 2 is 2.17 bits per heavy atom. The van der Waals surface area contributed by atoms with Crippen LogP contribution >= 0.6 is 0 Å². The lowest BCUT2D eigenvalue weighted by Crippen LogP contribution is -2.34. The first-order valence-electron chi connectivity index (χ1n) is 9.78. The van der Waals surface area contributed by atoms with Crippen LogP contribution < -0.4 is 11.2 Å². The van der Waals surface area contributed by atoms with Gasteiger partial charge in [-0.1, -0.05) is 13.3 Å². The van der Waals surface area contributed by atoms with Gasteiger partial charge in [-0.25, -0.2) is 25.2 Å². The molecule has 12 heteroatoms. The summed E-state index contributed by atoms with van der Waals surface area (Å²) < 4.78 is 25.2. The molecule has 2 aromatic rings. The van der Waals surface area contributed by atoms with Gasteiger partial charge < -0.3 is 24.7 Å². The normalized spacial score (nSPS) is 27.6. The highest BCUT2D eigenvalue weighted by molar-refractivity contribution is 5.81. The van der Waals surface area contributed by atoms with E-state index in [-0.39, 0.29) is 12.4 Å². The molecule has 0 aliphatic carbocycles. The maximum Gasteiger partial charge on any atom is 0.427 e. The summed E-state index contributed by atoms with van der Waals surface area (Å²) in [4.78, 5) is 24.4. The third kappa shape index (κ3) is 3.93. The number of ether oxygens (including phenoxy) is 4. The van der Waals surface area contributed by atoms with Crippen LogP contribution in [0.25, 0.3) is 11.2 Å². The van der Waals surface area contributed by atoms with E-state index in [9.17, 15) is 4.79 Å². The minimum Gasteiger partial charge on any atom is -0.445 e. The fourth-order valence-electron chi connectivity index (χ4n) is 3.56. The number of carbonyl (C=O) groups is 1. The van der Waals surface area contributed by atoms with E-state index in [1.807, 2.05) is 20.8 Å². The third-order valence-electron chi connectivity index (χ3n) is 4.83. The second kappa shape index (κ2) is 8.13. The number of rotatable bonds is 6. The number of hydrazone groups is 1. The zero-order valence-electron chi connectivity index (χ0n) is 17.0. The van der Waals surface area contributed by atoms with Gasteiger partial charge in [0.25, 0.3) is 0 Å². The molecule has 12 nitrogen and oxygen atoms in total. The van der Waals surface area contributed by atoms with Gasteiger partial charge >= 0.3 is 6.09 Å². The molecule has 4 atom stereocenters. The van der Waals surface area contributed by atoms with Crippen molar-refractivity contribution in [3.63, 3.8) is 0 Å². The number of amides is 1. The van der Waals surface area contributed by atoms with E-state index in [4.69, 9.17) is 24.7 Å². The van der Waals surface area contributed by atoms with Crippen LogP contribution in [0.15, 0.2) is 17.8 Å². The molecule has 0 spiro atoms. The van der Waals surface area contributed by atoms with Crippen molar-refractivity contribution in [1.29, 1.82) is 0 Å². The summed E-state index contributed by atoms with van der Waals surface area (Å²) in [7, 11) is 0. The molecule has 1 amide bonds. The summed E-state index contributed by atoms with van der Waals surface area (Å²) in [5.41, 5.74) is 9.20. The summed E-state index contributed by atoms with van der Waals surface area (Å²) in [5, 5.41) is 3.81. The Balaban J connectivity index is 1.50. The molecule has 162 valence electrons. The van der Waals surface area contributed by atoms with Gasteiger partial charge in [0.1, 0.15) is 36.8 Å². The monoisotopic (exact) mass is 419 g/mol. The summed E-state index contributed by atoms with van der Waals surface area (Å²) in [6.45, 7) is 5.63. The summed E-state index contributed by atoms with van der Waals surface area (Å²) in [5.74, 6) is -0.537. The fraction of sp³-hybridized carbons (Fsp3) is 0.611. The Morgan fingerprint density at radius 3 is 2.97 bits per heavy atom. The highest BCUT2D eigenvalue weighted by Crippen LogP contribution is 2.43. The molecule has 0 bridgehead atoms. The first-order chi connectivity index (χ1) is 14.4. The van der Waals surface area contributed by atoms with Gasteiger partial charge in [0, 0.05) is 6.21 Å². The zero-order chi connectivity index (χ0) is 21.3. The zero-order valence-corrected chi connectivity index (χ0v) is 17.0.